The summed E-state index contributed by atoms with van der Waals surface area (Å²) < 4.78 is 26.0. The minimum atomic E-state index is -0.779. The zero-order chi connectivity index (χ0) is 10.0. The summed E-state index contributed by atoms with van der Waals surface area (Å²) in [7, 11) is 0. The van der Waals surface area contributed by atoms with Crippen LogP contribution in [0.5, 0.6) is 0 Å². The molecule has 3 heteroatoms. The van der Waals surface area contributed by atoms with Crippen LogP contribution >= 0.6 is 0 Å². The van der Waals surface area contributed by atoms with E-state index in [-0.39, 0.29) is 5.92 Å². The van der Waals surface area contributed by atoms with Crippen molar-refractivity contribution in [2.24, 2.45) is 0 Å². The molecule has 0 saturated carbocycles. The molecule has 1 aromatic carbocycles. The minimum absolute atomic E-state index is 0.0591. The third-order valence-corrected chi connectivity index (χ3v) is 1.82. The summed E-state index contributed by atoms with van der Waals surface area (Å²) in [4.78, 5) is 2.77. The van der Waals surface area contributed by atoms with Crippen LogP contribution in [0.15, 0.2) is 12.1 Å². The number of halogens is 2. The first-order chi connectivity index (χ1) is 6.06. The molecule has 68 valence electrons. The predicted molar refractivity (Wildman–Crippen MR) is 46.7 cm³/mol. The van der Waals surface area contributed by atoms with E-state index in [1.807, 2.05) is 13.8 Å². The molecule has 0 bridgehead atoms. The average Bonchev–Trinajstić information content (AvgIpc) is 2.03. The molecule has 1 rings (SSSR count). The molecule has 0 radical (unpaired) electrons. The molecule has 0 unspecified atom stereocenters. The van der Waals surface area contributed by atoms with Crippen LogP contribution in [0, 0.1) is 18.2 Å². The van der Waals surface area contributed by atoms with E-state index in [2.05, 4.69) is 4.85 Å². The highest BCUT2D eigenvalue weighted by Gasteiger charge is 2.12. The Bertz CT molecular complexity index is 341. The largest absolute Gasteiger partial charge is 0.256 e. The lowest BCUT2D eigenvalue weighted by Gasteiger charge is -2.06. The van der Waals surface area contributed by atoms with Gasteiger partial charge in [0.15, 0.2) is 0 Å². The molecule has 0 aliphatic carbocycles. The molecule has 0 saturated heterocycles. The van der Waals surface area contributed by atoms with Gasteiger partial charge >= 0.3 is 0 Å². The lowest BCUT2D eigenvalue weighted by molar-refractivity contribution is 0.587. The van der Waals surface area contributed by atoms with E-state index in [0.29, 0.717) is 5.56 Å². The molecule has 0 aliphatic rings. The lowest BCUT2D eigenvalue weighted by atomic mass is 10.0. The topological polar surface area (TPSA) is 4.36 Å². The van der Waals surface area contributed by atoms with E-state index in [1.165, 1.54) is 12.1 Å². The van der Waals surface area contributed by atoms with Crippen molar-refractivity contribution in [3.05, 3.63) is 40.7 Å². The lowest BCUT2D eigenvalue weighted by Crippen LogP contribution is -1.91. The third kappa shape index (κ3) is 1.83. The van der Waals surface area contributed by atoms with Crippen LogP contribution in [-0.2, 0) is 0 Å². The summed E-state index contributed by atoms with van der Waals surface area (Å²) in [6.45, 7) is 10.2. The molecule has 0 aliphatic heterocycles. The van der Waals surface area contributed by atoms with Crippen LogP contribution in [0.3, 0.4) is 0 Å². The molecule has 13 heavy (non-hydrogen) atoms. The maximum atomic E-state index is 13.0. The maximum Gasteiger partial charge on any atom is 0.256 e. The highest BCUT2D eigenvalue weighted by atomic mass is 19.1. The van der Waals surface area contributed by atoms with Gasteiger partial charge in [-0.2, -0.15) is 0 Å². The predicted octanol–water partition coefficient (Wildman–Crippen LogP) is 3.64. The van der Waals surface area contributed by atoms with Crippen LogP contribution in [0.2, 0.25) is 0 Å². The average molecular weight is 181 g/mol. The first kappa shape index (κ1) is 9.66. The molecule has 0 amide bonds. The van der Waals surface area contributed by atoms with Crippen molar-refractivity contribution in [3.8, 4) is 0 Å². The van der Waals surface area contributed by atoms with Gasteiger partial charge in [-0.1, -0.05) is 13.8 Å². The molecule has 1 aromatic rings. The Balaban J connectivity index is 3.30. The van der Waals surface area contributed by atoms with Gasteiger partial charge in [0.1, 0.15) is 11.6 Å². The first-order valence-electron chi connectivity index (χ1n) is 3.92. The normalized spacial score (nSPS) is 10.2. The molecule has 0 N–H and O–H groups in total. The van der Waals surface area contributed by atoms with Gasteiger partial charge in [0, 0.05) is 0 Å². The van der Waals surface area contributed by atoms with E-state index in [0.717, 1.165) is 0 Å². The smallest absolute Gasteiger partial charge is 0.232 e. The molecule has 1 nitrogen and oxygen atoms in total. The SMILES string of the molecule is [C-]#[N+]c1c(F)cc(C(C)C)cc1F. The molecular weight excluding hydrogens is 172 g/mol. The van der Waals surface area contributed by atoms with Crippen molar-refractivity contribution in [2.75, 3.05) is 0 Å². The van der Waals surface area contributed by atoms with Crippen molar-refractivity contribution in [1.82, 2.24) is 0 Å². The van der Waals surface area contributed by atoms with Crippen molar-refractivity contribution >= 4 is 5.69 Å². The van der Waals surface area contributed by atoms with E-state index < -0.39 is 17.3 Å². The number of rotatable bonds is 1. The molecule has 0 spiro atoms. The monoisotopic (exact) mass is 181 g/mol. The summed E-state index contributed by atoms with van der Waals surface area (Å²) >= 11 is 0. The highest BCUT2D eigenvalue weighted by molar-refractivity contribution is 5.49. The van der Waals surface area contributed by atoms with E-state index >= 15 is 0 Å². The number of nitrogens with zero attached hydrogens (tertiary/aromatic N) is 1. The van der Waals surface area contributed by atoms with Gasteiger partial charge < -0.3 is 0 Å². The van der Waals surface area contributed by atoms with Gasteiger partial charge in [-0.3, -0.25) is 0 Å². The number of hydrogen-bond donors (Lipinski definition) is 0. The van der Waals surface area contributed by atoms with Gasteiger partial charge in [0.05, 0.1) is 6.57 Å². The summed E-state index contributed by atoms with van der Waals surface area (Å²) in [5.41, 5.74) is 0.0480. The van der Waals surface area contributed by atoms with Crippen molar-refractivity contribution < 1.29 is 8.78 Å². The summed E-state index contributed by atoms with van der Waals surface area (Å²) in [6.07, 6.45) is 0. The van der Waals surface area contributed by atoms with Crippen LogP contribution in [0.4, 0.5) is 14.5 Å². The van der Waals surface area contributed by atoms with Crippen LogP contribution < -0.4 is 0 Å². The Labute approximate surface area is 75.8 Å². The fourth-order valence-electron chi connectivity index (χ4n) is 1.03. The van der Waals surface area contributed by atoms with Gasteiger partial charge in [-0.05, 0) is 23.6 Å². The Hall–Kier alpha value is -1.43. The summed E-state index contributed by atoms with van der Waals surface area (Å²) in [5.74, 6) is -1.50. The van der Waals surface area contributed by atoms with Crippen LogP contribution in [0.25, 0.3) is 4.85 Å². The Morgan fingerprint density at radius 1 is 1.23 bits per heavy atom. The van der Waals surface area contributed by atoms with E-state index in [9.17, 15) is 8.78 Å². The van der Waals surface area contributed by atoms with Gasteiger partial charge in [-0.25, -0.2) is 13.6 Å². The van der Waals surface area contributed by atoms with Crippen molar-refractivity contribution in [2.45, 2.75) is 19.8 Å². The molecule has 0 aromatic heterocycles. The van der Waals surface area contributed by atoms with Crippen molar-refractivity contribution in [3.63, 3.8) is 0 Å². The Morgan fingerprint density at radius 2 is 1.69 bits per heavy atom. The van der Waals surface area contributed by atoms with Crippen LogP contribution in [0.1, 0.15) is 25.3 Å². The molecular formula is C10H9F2N. The number of hydrogen-bond acceptors (Lipinski definition) is 0. The molecule has 0 fully saturated rings. The first-order valence-corrected chi connectivity index (χ1v) is 3.92. The van der Waals surface area contributed by atoms with E-state index in [4.69, 9.17) is 6.57 Å². The Kier molecular flexibility index (Phi) is 2.62. The fraction of sp³-hybridized carbons (Fsp3) is 0.300. The fourth-order valence-corrected chi connectivity index (χ4v) is 1.03. The van der Waals surface area contributed by atoms with Crippen LogP contribution in [-0.4, -0.2) is 0 Å². The standard InChI is InChI=1S/C10H9F2N/c1-6(2)7-4-8(11)10(13-3)9(12)5-7/h4-6H,1-2H3. The molecule has 0 atom stereocenters. The zero-order valence-corrected chi connectivity index (χ0v) is 7.44. The van der Waals surface area contributed by atoms with Gasteiger partial charge in [0.25, 0.3) is 5.69 Å². The zero-order valence-electron chi connectivity index (χ0n) is 7.44. The van der Waals surface area contributed by atoms with E-state index in [1.54, 1.807) is 0 Å². The third-order valence-electron chi connectivity index (χ3n) is 1.82. The quantitative estimate of drug-likeness (QED) is 0.582. The van der Waals surface area contributed by atoms with Gasteiger partial charge in [-0.15, -0.1) is 0 Å². The summed E-state index contributed by atoms with van der Waals surface area (Å²) in [5, 5.41) is 0. The van der Waals surface area contributed by atoms with Gasteiger partial charge in [0.2, 0.25) is 0 Å². The Morgan fingerprint density at radius 3 is 2.00 bits per heavy atom. The van der Waals surface area contributed by atoms with Crippen molar-refractivity contribution in [1.29, 1.82) is 0 Å². The highest BCUT2D eigenvalue weighted by Crippen LogP contribution is 2.26. The minimum Gasteiger partial charge on any atom is -0.232 e. The second-order valence-corrected chi connectivity index (χ2v) is 3.10. The maximum absolute atomic E-state index is 13.0. The molecule has 0 heterocycles. The number of benzene rings is 1. The summed E-state index contributed by atoms with van der Waals surface area (Å²) in [6, 6.07) is 2.42. The second kappa shape index (κ2) is 3.53. The second-order valence-electron chi connectivity index (χ2n) is 3.10.